The number of rotatable bonds is 7. The highest BCUT2D eigenvalue weighted by Gasteiger charge is 2.54. The molecule has 5 atom stereocenters. The molecule has 3 fully saturated rings. The molecule has 0 saturated heterocycles. The largest absolute Gasteiger partial charge is 0.396 e. The standard InChI is InChI=1S/C28H46O3/c1-20-9-12-23(30)18-22(20)11-10-21-8-6-17-28(5)24(21)13-14-25(28)27(4,19-29)16-7-15-26(2,3)31/h10-11,23-25,29-31H,1,6-9,12-19H2,2-5H3/b21-10?,22-11-/t23-,24?,25+,27+,28-/m0/s1. The van der Waals surface area contributed by atoms with E-state index >= 15 is 0 Å². The normalized spacial score (nSPS) is 36.6. The minimum Gasteiger partial charge on any atom is -0.396 e. The smallest absolute Gasteiger partial charge is 0.0591 e. The van der Waals surface area contributed by atoms with Crippen LogP contribution in [0.15, 0.2) is 35.5 Å². The number of allylic oxidation sites excluding steroid dienone is 4. The third-order valence-corrected chi connectivity index (χ3v) is 8.89. The average molecular weight is 431 g/mol. The van der Waals surface area contributed by atoms with E-state index < -0.39 is 5.60 Å². The summed E-state index contributed by atoms with van der Waals surface area (Å²) in [5, 5.41) is 30.6. The number of aliphatic hydroxyl groups excluding tert-OH is 2. The molecule has 0 spiro atoms. The monoisotopic (exact) mass is 430 g/mol. The predicted molar refractivity (Wildman–Crippen MR) is 129 cm³/mol. The molecule has 3 saturated carbocycles. The van der Waals surface area contributed by atoms with Gasteiger partial charge in [0.2, 0.25) is 0 Å². The van der Waals surface area contributed by atoms with Gasteiger partial charge in [0.25, 0.3) is 0 Å². The number of hydrogen-bond acceptors (Lipinski definition) is 3. The average Bonchev–Trinajstić information content (AvgIpc) is 3.05. The Labute approximate surface area is 190 Å². The topological polar surface area (TPSA) is 60.7 Å². The molecule has 0 aromatic carbocycles. The maximum absolute atomic E-state index is 10.5. The molecule has 0 aromatic rings. The van der Waals surface area contributed by atoms with E-state index in [0.717, 1.165) is 38.5 Å². The zero-order valence-electron chi connectivity index (χ0n) is 20.4. The van der Waals surface area contributed by atoms with Crippen molar-refractivity contribution >= 4 is 0 Å². The van der Waals surface area contributed by atoms with Crippen LogP contribution in [-0.2, 0) is 0 Å². The lowest BCUT2D eigenvalue weighted by atomic mass is 9.56. The summed E-state index contributed by atoms with van der Waals surface area (Å²) in [6.07, 6.45) is 15.6. The lowest BCUT2D eigenvalue weighted by Crippen LogP contribution is -2.43. The maximum atomic E-state index is 10.5. The van der Waals surface area contributed by atoms with E-state index in [1.807, 2.05) is 13.8 Å². The fraction of sp³-hybridized carbons (Fsp3) is 0.786. The Kier molecular flexibility index (Phi) is 7.61. The van der Waals surface area contributed by atoms with Gasteiger partial charge in [-0.3, -0.25) is 0 Å². The van der Waals surface area contributed by atoms with Crippen molar-refractivity contribution in [2.24, 2.45) is 22.7 Å². The van der Waals surface area contributed by atoms with Gasteiger partial charge in [-0.15, -0.1) is 0 Å². The van der Waals surface area contributed by atoms with Crippen molar-refractivity contribution in [1.29, 1.82) is 0 Å². The lowest BCUT2D eigenvalue weighted by molar-refractivity contribution is -0.0164. The first-order valence-electron chi connectivity index (χ1n) is 12.6. The summed E-state index contributed by atoms with van der Waals surface area (Å²) < 4.78 is 0. The van der Waals surface area contributed by atoms with Gasteiger partial charge in [-0.2, -0.15) is 0 Å². The molecular weight excluding hydrogens is 384 g/mol. The molecule has 176 valence electrons. The number of fused-ring (bicyclic) bond motifs is 1. The Morgan fingerprint density at radius 3 is 2.52 bits per heavy atom. The van der Waals surface area contributed by atoms with Crippen LogP contribution >= 0.6 is 0 Å². The molecule has 31 heavy (non-hydrogen) atoms. The third kappa shape index (κ3) is 5.54. The summed E-state index contributed by atoms with van der Waals surface area (Å²) >= 11 is 0. The van der Waals surface area contributed by atoms with Gasteiger partial charge in [-0.05, 0) is 113 Å². The van der Waals surface area contributed by atoms with Crippen LogP contribution in [0.5, 0.6) is 0 Å². The summed E-state index contributed by atoms with van der Waals surface area (Å²) in [5.41, 5.74) is 3.48. The molecule has 0 aliphatic heterocycles. The summed E-state index contributed by atoms with van der Waals surface area (Å²) in [5.74, 6) is 1.10. The highest BCUT2D eigenvalue weighted by Crippen LogP contribution is 2.62. The first kappa shape index (κ1) is 24.7. The van der Waals surface area contributed by atoms with Crippen LogP contribution in [0.4, 0.5) is 0 Å². The van der Waals surface area contributed by atoms with Gasteiger partial charge in [0, 0.05) is 6.61 Å². The number of hydrogen-bond donors (Lipinski definition) is 3. The second-order valence-corrected chi connectivity index (χ2v) is 12.0. The molecule has 0 amide bonds. The minimum absolute atomic E-state index is 0.0859. The van der Waals surface area contributed by atoms with Gasteiger partial charge in [0.1, 0.15) is 0 Å². The summed E-state index contributed by atoms with van der Waals surface area (Å²) in [7, 11) is 0. The van der Waals surface area contributed by atoms with Crippen LogP contribution in [0.25, 0.3) is 0 Å². The van der Waals surface area contributed by atoms with Crippen LogP contribution < -0.4 is 0 Å². The van der Waals surface area contributed by atoms with E-state index in [4.69, 9.17) is 0 Å². The van der Waals surface area contributed by atoms with Crippen molar-refractivity contribution in [3.8, 4) is 0 Å². The molecule has 3 nitrogen and oxygen atoms in total. The fourth-order valence-electron chi connectivity index (χ4n) is 7.07. The molecule has 0 aromatic heterocycles. The Balaban J connectivity index is 1.77. The predicted octanol–water partition coefficient (Wildman–Crippen LogP) is 6.10. The van der Waals surface area contributed by atoms with Crippen molar-refractivity contribution in [2.45, 2.75) is 110 Å². The third-order valence-electron chi connectivity index (χ3n) is 8.89. The minimum atomic E-state index is -0.635. The zero-order chi connectivity index (χ0) is 22.9. The van der Waals surface area contributed by atoms with Crippen molar-refractivity contribution in [3.05, 3.63) is 35.5 Å². The maximum Gasteiger partial charge on any atom is 0.0591 e. The van der Waals surface area contributed by atoms with Crippen LogP contribution in [0, 0.1) is 22.7 Å². The van der Waals surface area contributed by atoms with E-state index in [2.05, 4.69) is 32.6 Å². The summed E-state index contributed by atoms with van der Waals surface area (Å²) in [4.78, 5) is 0. The van der Waals surface area contributed by atoms with E-state index in [1.165, 1.54) is 43.3 Å². The van der Waals surface area contributed by atoms with Crippen molar-refractivity contribution in [1.82, 2.24) is 0 Å². The quantitative estimate of drug-likeness (QED) is 0.457. The van der Waals surface area contributed by atoms with Gasteiger partial charge in [-0.25, -0.2) is 0 Å². The van der Waals surface area contributed by atoms with Crippen LogP contribution in [0.2, 0.25) is 0 Å². The molecule has 3 aliphatic rings. The highest BCUT2D eigenvalue weighted by atomic mass is 16.3. The molecular formula is C28H46O3. The SMILES string of the molecule is C=C1CC[C@H](O)C/C1=C/C=C1CCC[C@@]2(C)C1CC[C@@H]2[C@@](C)(CO)CCCC(C)(C)O. The van der Waals surface area contributed by atoms with Crippen LogP contribution in [0.1, 0.15) is 98.3 Å². The Bertz CT molecular complexity index is 712. The Hall–Kier alpha value is -0.900. The fourth-order valence-corrected chi connectivity index (χ4v) is 7.07. The van der Waals surface area contributed by atoms with Crippen molar-refractivity contribution in [2.75, 3.05) is 6.61 Å². The first-order valence-corrected chi connectivity index (χ1v) is 12.6. The summed E-state index contributed by atoms with van der Waals surface area (Å²) in [6, 6.07) is 0. The van der Waals surface area contributed by atoms with Gasteiger partial charge < -0.3 is 15.3 Å². The first-order chi connectivity index (χ1) is 14.5. The van der Waals surface area contributed by atoms with Gasteiger partial charge in [-0.1, -0.05) is 43.7 Å². The van der Waals surface area contributed by atoms with Gasteiger partial charge in [0.15, 0.2) is 0 Å². The molecule has 0 bridgehead atoms. The molecule has 3 N–H and O–H groups in total. The second-order valence-electron chi connectivity index (χ2n) is 12.0. The zero-order valence-corrected chi connectivity index (χ0v) is 20.4. The van der Waals surface area contributed by atoms with E-state index in [-0.39, 0.29) is 23.5 Å². The van der Waals surface area contributed by atoms with Gasteiger partial charge in [0.05, 0.1) is 11.7 Å². The van der Waals surface area contributed by atoms with Crippen molar-refractivity contribution < 1.29 is 15.3 Å². The van der Waals surface area contributed by atoms with Crippen LogP contribution in [-0.4, -0.2) is 33.6 Å². The molecule has 3 rings (SSSR count). The van der Waals surface area contributed by atoms with E-state index in [0.29, 0.717) is 11.8 Å². The lowest BCUT2D eigenvalue weighted by Gasteiger charge is -2.49. The highest BCUT2D eigenvalue weighted by molar-refractivity contribution is 5.36. The molecule has 1 unspecified atom stereocenters. The summed E-state index contributed by atoms with van der Waals surface area (Å²) in [6.45, 7) is 13.0. The van der Waals surface area contributed by atoms with Gasteiger partial charge >= 0.3 is 0 Å². The molecule has 0 radical (unpaired) electrons. The second kappa shape index (κ2) is 9.53. The van der Waals surface area contributed by atoms with E-state index in [9.17, 15) is 15.3 Å². The number of aliphatic hydroxyl groups is 3. The Morgan fingerprint density at radius 2 is 1.84 bits per heavy atom. The van der Waals surface area contributed by atoms with Crippen molar-refractivity contribution in [3.63, 3.8) is 0 Å². The molecule has 0 heterocycles. The molecule has 3 heteroatoms. The molecule has 3 aliphatic carbocycles. The van der Waals surface area contributed by atoms with E-state index in [1.54, 1.807) is 5.57 Å². The Morgan fingerprint density at radius 1 is 1.10 bits per heavy atom. The van der Waals surface area contributed by atoms with Crippen LogP contribution in [0.3, 0.4) is 0 Å².